The van der Waals surface area contributed by atoms with E-state index >= 15 is 0 Å². The zero-order valence-corrected chi connectivity index (χ0v) is 16.6. The second-order valence-electron chi connectivity index (χ2n) is 6.63. The molecule has 0 saturated carbocycles. The normalized spacial score (nSPS) is 15.3. The fraction of sp³-hybridized carbons (Fsp3) is 0.350. The van der Waals surface area contributed by atoms with Gasteiger partial charge in [-0.05, 0) is 24.1 Å². The van der Waals surface area contributed by atoms with E-state index in [4.69, 9.17) is 25.7 Å². The fourth-order valence-electron chi connectivity index (χ4n) is 3.44. The van der Waals surface area contributed by atoms with Crippen LogP contribution in [0.4, 0.5) is 0 Å². The molecule has 1 aromatic heterocycles. The minimum absolute atomic E-state index is 0.0454. The number of nitriles is 1. The number of aryl methyl sites for hydroxylation is 2. The number of amides is 1. The lowest BCUT2D eigenvalue weighted by atomic mass is 9.83. The summed E-state index contributed by atoms with van der Waals surface area (Å²) in [6, 6.07) is 7.40. The summed E-state index contributed by atoms with van der Waals surface area (Å²) in [6.07, 6.45) is 1.62. The van der Waals surface area contributed by atoms with E-state index < -0.39 is 11.8 Å². The Morgan fingerprint density at radius 2 is 2.17 bits per heavy atom. The van der Waals surface area contributed by atoms with Gasteiger partial charge < -0.3 is 25.7 Å². The Morgan fingerprint density at radius 3 is 2.79 bits per heavy atom. The van der Waals surface area contributed by atoms with Crippen molar-refractivity contribution in [2.45, 2.75) is 25.7 Å². The first-order valence-corrected chi connectivity index (χ1v) is 9.13. The number of rotatable bonds is 7. The summed E-state index contributed by atoms with van der Waals surface area (Å²) in [7, 11) is 3.27. The van der Waals surface area contributed by atoms with Crippen LogP contribution in [0.25, 0.3) is 0 Å². The van der Waals surface area contributed by atoms with Gasteiger partial charge in [0.25, 0.3) is 5.91 Å². The van der Waals surface area contributed by atoms with Gasteiger partial charge in [0.2, 0.25) is 11.8 Å². The van der Waals surface area contributed by atoms with Crippen molar-refractivity contribution >= 4 is 5.91 Å². The summed E-state index contributed by atoms with van der Waals surface area (Å²) in [5.74, 6) is 0.295. The number of ether oxygens (including phenoxy) is 3. The maximum absolute atomic E-state index is 11.0. The molecule has 9 nitrogen and oxygen atoms in total. The van der Waals surface area contributed by atoms with Gasteiger partial charge in [-0.25, -0.2) is 4.68 Å². The summed E-state index contributed by atoms with van der Waals surface area (Å²) in [5.41, 5.74) is 13.9. The van der Waals surface area contributed by atoms with E-state index in [1.165, 1.54) is 7.11 Å². The molecule has 1 atom stereocenters. The number of carbonyl (C=O) groups excluding carboxylic acids is 1. The van der Waals surface area contributed by atoms with Gasteiger partial charge in [-0.3, -0.25) is 4.79 Å². The molecule has 1 aliphatic heterocycles. The lowest BCUT2D eigenvalue weighted by Crippen LogP contribution is -2.22. The summed E-state index contributed by atoms with van der Waals surface area (Å²) in [6.45, 7) is 1.79. The number of primary amides is 1. The molecule has 0 radical (unpaired) electrons. The number of benzene rings is 1. The van der Waals surface area contributed by atoms with Crippen LogP contribution in [0.2, 0.25) is 0 Å². The minimum atomic E-state index is -0.591. The van der Waals surface area contributed by atoms with Crippen molar-refractivity contribution in [3.8, 4) is 23.4 Å². The summed E-state index contributed by atoms with van der Waals surface area (Å²) in [5, 5.41) is 14.3. The number of fused-ring (bicyclic) bond motifs is 1. The third-order valence-corrected chi connectivity index (χ3v) is 4.65. The number of hydrogen-bond donors (Lipinski definition) is 2. The van der Waals surface area contributed by atoms with E-state index in [0.29, 0.717) is 23.0 Å². The molecule has 152 valence electrons. The first kappa shape index (κ1) is 20.1. The average Bonchev–Trinajstić information content (AvgIpc) is 3.00. The molecule has 0 spiro atoms. The molecule has 0 saturated heterocycles. The van der Waals surface area contributed by atoms with Crippen molar-refractivity contribution < 1.29 is 19.0 Å². The zero-order chi connectivity index (χ0) is 21.1. The number of allylic oxidation sites excluding steroid dienone is 1. The minimum Gasteiger partial charge on any atom is -0.493 e. The predicted molar refractivity (Wildman–Crippen MR) is 104 cm³/mol. The second-order valence-corrected chi connectivity index (χ2v) is 6.63. The van der Waals surface area contributed by atoms with Crippen molar-refractivity contribution in [1.29, 1.82) is 5.26 Å². The maximum Gasteiger partial charge on any atom is 0.255 e. The van der Waals surface area contributed by atoms with Crippen molar-refractivity contribution in [2.24, 2.45) is 18.5 Å². The van der Waals surface area contributed by atoms with Crippen LogP contribution in [-0.4, -0.2) is 29.4 Å². The van der Waals surface area contributed by atoms with E-state index in [1.807, 2.05) is 0 Å². The highest BCUT2D eigenvalue weighted by Gasteiger charge is 2.36. The predicted octanol–water partition coefficient (Wildman–Crippen LogP) is 1.46. The van der Waals surface area contributed by atoms with Crippen molar-refractivity contribution in [2.75, 3.05) is 13.7 Å². The van der Waals surface area contributed by atoms with Crippen LogP contribution in [0.1, 0.15) is 36.1 Å². The number of nitrogens with zero attached hydrogens (tertiary/aromatic N) is 3. The zero-order valence-electron chi connectivity index (χ0n) is 16.6. The molecular formula is C20H23N5O4. The SMILES string of the molecule is CCCc1nn(C)c2c1C(c1ccc(OCC(N)=O)c(OC)c1)C(C#N)=C(N)O2. The van der Waals surface area contributed by atoms with Gasteiger partial charge >= 0.3 is 0 Å². The Bertz CT molecular complexity index is 1020. The Balaban J connectivity index is 2.14. The van der Waals surface area contributed by atoms with E-state index in [9.17, 15) is 10.1 Å². The largest absolute Gasteiger partial charge is 0.493 e. The van der Waals surface area contributed by atoms with Gasteiger partial charge in [-0.15, -0.1) is 0 Å². The fourth-order valence-corrected chi connectivity index (χ4v) is 3.44. The standard InChI is InChI=1S/C20H23N5O4/c1-4-5-13-18-17(12(9-21)19(23)29-20(18)25(2)24-13)11-6-7-14(15(8-11)27-3)28-10-16(22)26/h6-8,17H,4-5,10,23H2,1-3H3,(H2,22,26). The molecule has 1 aliphatic rings. The maximum atomic E-state index is 11.0. The van der Waals surface area contributed by atoms with Crippen LogP contribution in [0.5, 0.6) is 17.4 Å². The number of hydrogen-bond acceptors (Lipinski definition) is 7. The van der Waals surface area contributed by atoms with Crippen LogP contribution < -0.4 is 25.7 Å². The van der Waals surface area contributed by atoms with Gasteiger partial charge in [0.1, 0.15) is 11.6 Å². The van der Waals surface area contributed by atoms with E-state index in [1.54, 1.807) is 29.9 Å². The molecule has 1 amide bonds. The van der Waals surface area contributed by atoms with Crippen molar-refractivity contribution in [3.63, 3.8) is 0 Å². The van der Waals surface area contributed by atoms with Gasteiger partial charge in [0.15, 0.2) is 18.1 Å². The van der Waals surface area contributed by atoms with Gasteiger partial charge in [0.05, 0.1) is 24.3 Å². The molecule has 0 bridgehead atoms. The molecule has 29 heavy (non-hydrogen) atoms. The third-order valence-electron chi connectivity index (χ3n) is 4.65. The van der Waals surface area contributed by atoms with E-state index in [-0.39, 0.29) is 12.5 Å². The van der Waals surface area contributed by atoms with Crippen molar-refractivity contribution in [3.05, 3.63) is 46.5 Å². The molecule has 2 aromatic rings. The van der Waals surface area contributed by atoms with Gasteiger partial charge in [-0.2, -0.15) is 10.4 Å². The highest BCUT2D eigenvalue weighted by molar-refractivity contribution is 5.75. The molecule has 3 rings (SSSR count). The highest BCUT2D eigenvalue weighted by Crippen LogP contribution is 2.45. The smallest absolute Gasteiger partial charge is 0.255 e. The Labute approximate surface area is 168 Å². The summed E-state index contributed by atoms with van der Waals surface area (Å²) >= 11 is 0. The van der Waals surface area contributed by atoms with Crippen LogP contribution in [-0.2, 0) is 18.3 Å². The lowest BCUT2D eigenvalue weighted by molar-refractivity contribution is -0.119. The van der Waals surface area contributed by atoms with Gasteiger partial charge in [0, 0.05) is 7.05 Å². The Kier molecular flexibility index (Phi) is 5.64. The molecule has 0 fully saturated rings. The van der Waals surface area contributed by atoms with Crippen LogP contribution >= 0.6 is 0 Å². The quantitative estimate of drug-likeness (QED) is 0.721. The van der Waals surface area contributed by atoms with E-state index in [2.05, 4.69) is 18.1 Å². The molecule has 2 heterocycles. The highest BCUT2D eigenvalue weighted by atomic mass is 16.5. The second kappa shape index (κ2) is 8.14. The molecule has 4 N–H and O–H groups in total. The topological polar surface area (TPSA) is 138 Å². The first-order chi connectivity index (χ1) is 13.9. The number of carbonyl (C=O) groups is 1. The molecule has 1 aromatic carbocycles. The number of methoxy groups -OCH3 is 1. The lowest BCUT2D eigenvalue weighted by Gasteiger charge is -2.25. The number of aromatic nitrogens is 2. The average molecular weight is 397 g/mol. The molecule has 0 aliphatic carbocycles. The van der Waals surface area contributed by atoms with Gasteiger partial charge in [-0.1, -0.05) is 19.4 Å². The molecule has 9 heteroatoms. The Hall–Kier alpha value is -3.67. The summed E-state index contributed by atoms with van der Waals surface area (Å²) in [4.78, 5) is 11.0. The van der Waals surface area contributed by atoms with Crippen LogP contribution in [0.3, 0.4) is 0 Å². The van der Waals surface area contributed by atoms with E-state index in [0.717, 1.165) is 29.7 Å². The third kappa shape index (κ3) is 3.69. The van der Waals surface area contributed by atoms with Crippen LogP contribution in [0.15, 0.2) is 29.7 Å². The molecular weight excluding hydrogens is 374 g/mol. The van der Waals surface area contributed by atoms with Crippen molar-refractivity contribution in [1.82, 2.24) is 9.78 Å². The Morgan fingerprint density at radius 1 is 1.41 bits per heavy atom. The van der Waals surface area contributed by atoms with Crippen LogP contribution in [0, 0.1) is 11.3 Å². The first-order valence-electron chi connectivity index (χ1n) is 9.13. The summed E-state index contributed by atoms with van der Waals surface area (Å²) < 4.78 is 18.2. The monoisotopic (exact) mass is 397 g/mol. The number of nitrogens with two attached hydrogens (primary N) is 2. The molecule has 1 unspecified atom stereocenters.